The Labute approximate surface area is 308 Å². The highest BCUT2D eigenvalue weighted by Gasteiger charge is 2.18. The third-order valence-corrected chi connectivity index (χ3v) is 10.2. The minimum atomic E-state index is 0.715. The smallest absolute Gasteiger partial charge is 0.160 e. The third-order valence-electron chi connectivity index (χ3n) is 10.2. The quantitative estimate of drug-likeness (QED) is 0.176. The molecule has 2 aromatic heterocycles. The molecule has 0 amide bonds. The second kappa shape index (κ2) is 12.9. The van der Waals surface area contributed by atoms with Crippen molar-refractivity contribution in [3.63, 3.8) is 0 Å². The van der Waals surface area contributed by atoms with Gasteiger partial charge in [-0.05, 0) is 51.7 Å². The van der Waals surface area contributed by atoms with Crippen molar-refractivity contribution in [3.05, 3.63) is 200 Å². The van der Waals surface area contributed by atoms with Gasteiger partial charge in [-0.25, -0.2) is 9.97 Å². The van der Waals surface area contributed by atoms with Crippen LogP contribution in [0.5, 0.6) is 0 Å². The van der Waals surface area contributed by atoms with Gasteiger partial charge in [0, 0.05) is 38.7 Å². The Kier molecular flexibility index (Phi) is 7.47. The molecule has 0 aliphatic rings. The van der Waals surface area contributed by atoms with Crippen LogP contribution in [0, 0.1) is 0 Å². The fourth-order valence-corrected chi connectivity index (χ4v) is 7.76. The van der Waals surface area contributed by atoms with E-state index in [1.54, 1.807) is 0 Å². The predicted octanol–water partition coefficient (Wildman–Crippen LogP) is 13.1. The number of benzene rings is 8. The number of fused-ring (bicyclic) bond motifs is 4. The number of para-hydroxylation sites is 3. The zero-order valence-corrected chi connectivity index (χ0v) is 28.9. The molecule has 0 fully saturated rings. The van der Waals surface area contributed by atoms with Crippen LogP contribution >= 0.6 is 0 Å². The van der Waals surface area contributed by atoms with E-state index in [9.17, 15) is 0 Å². The normalized spacial score (nSPS) is 11.4. The van der Waals surface area contributed by atoms with E-state index in [0.29, 0.717) is 5.82 Å². The standard InChI is InChI=1S/C50H33N3/c1-4-15-36(16-5-1)46-33-47(52-50(51-46)37-17-6-2-7-18-37)43-32-31-39(41-21-10-11-22-42(41)43)34-27-29-35(30-28-34)40-24-14-25-45-44-23-12-13-26-48(44)53(49(40)45)38-19-8-3-9-20-38/h1-33H. The van der Waals surface area contributed by atoms with Gasteiger partial charge in [-0.1, -0.05) is 176 Å². The highest BCUT2D eigenvalue weighted by Crippen LogP contribution is 2.40. The number of hydrogen-bond acceptors (Lipinski definition) is 2. The van der Waals surface area contributed by atoms with Crippen LogP contribution in [0.1, 0.15) is 0 Å². The number of nitrogens with zero attached hydrogens (tertiary/aromatic N) is 3. The first-order valence-electron chi connectivity index (χ1n) is 18.0. The van der Waals surface area contributed by atoms with Gasteiger partial charge in [0.05, 0.1) is 22.4 Å². The van der Waals surface area contributed by atoms with Crippen LogP contribution in [0.2, 0.25) is 0 Å². The molecule has 10 aromatic rings. The van der Waals surface area contributed by atoms with Gasteiger partial charge in [0.25, 0.3) is 0 Å². The summed E-state index contributed by atoms with van der Waals surface area (Å²) in [7, 11) is 0. The fraction of sp³-hybridized carbons (Fsp3) is 0. The van der Waals surface area contributed by atoms with Crippen molar-refractivity contribution in [2.75, 3.05) is 0 Å². The lowest BCUT2D eigenvalue weighted by atomic mass is 9.92. The highest BCUT2D eigenvalue weighted by atomic mass is 15.0. The van der Waals surface area contributed by atoms with Crippen LogP contribution in [-0.2, 0) is 0 Å². The van der Waals surface area contributed by atoms with Gasteiger partial charge in [0.15, 0.2) is 5.82 Å². The van der Waals surface area contributed by atoms with E-state index in [-0.39, 0.29) is 0 Å². The van der Waals surface area contributed by atoms with Crippen LogP contribution in [-0.4, -0.2) is 14.5 Å². The molecule has 8 aromatic carbocycles. The van der Waals surface area contributed by atoms with Gasteiger partial charge in [-0.2, -0.15) is 0 Å². The van der Waals surface area contributed by atoms with Crippen LogP contribution < -0.4 is 0 Å². The molecule has 3 heteroatoms. The zero-order valence-electron chi connectivity index (χ0n) is 28.9. The van der Waals surface area contributed by atoms with Gasteiger partial charge >= 0.3 is 0 Å². The molecule has 0 saturated carbocycles. The number of rotatable bonds is 6. The summed E-state index contributed by atoms with van der Waals surface area (Å²) in [6.45, 7) is 0. The summed E-state index contributed by atoms with van der Waals surface area (Å²) in [4.78, 5) is 10.2. The van der Waals surface area contributed by atoms with Crippen molar-refractivity contribution in [2.45, 2.75) is 0 Å². The van der Waals surface area contributed by atoms with Crippen LogP contribution in [0.3, 0.4) is 0 Å². The molecule has 0 radical (unpaired) electrons. The summed E-state index contributed by atoms with van der Waals surface area (Å²) >= 11 is 0. The van der Waals surface area contributed by atoms with Gasteiger partial charge < -0.3 is 4.57 Å². The molecule has 2 heterocycles. The average Bonchev–Trinajstić information content (AvgIpc) is 3.59. The molecule has 0 bridgehead atoms. The van der Waals surface area contributed by atoms with E-state index in [0.717, 1.165) is 39.2 Å². The van der Waals surface area contributed by atoms with Gasteiger partial charge in [-0.3, -0.25) is 0 Å². The molecule has 0 atom stereocenters. The molecule has 3 nitrogen and oxygen atoms in total. The first-order valence-corrected chi connectivity index (χ1v) is 18.0. The third kappa shape index (κ3) is 5.38. The maximum atomic E-state index is 5.15. The zero-order chi connectivity index (χ0) is 35.1. The summed E-state index contributed by atoms with van der Waals surface area (Å²) < 4.78 is 2.40. The van der Waals surface area contributed by atoms with Crippen LogP contribution in [0.15, 0.2) is 200 Å². The Morgan fingerprint density at radius 3 is 1.57 bits per heavy atom. The fourth-order valence-electron chi connectivity index (χ4n) is 7.76. The van der Waals surface area contributed by atoms with Gasteiger partial charge in [0.2, 0.25) is 0 Å². The van der Waals surface area contributed by atoms with E-state index < -0.39 is 0 Å². The molecule has 0 N–H and O–H groups in total. The van der Waals surface area contributed by atoms with Crippen molar-refractivity contribution in [1.29, 1.82) is 0 Å². The maximum absolute atomic E-state index is 5.15. The van der Waals surface area contributed by atoms with E-state index in [2.05, 4.69) is 180 Å². The summed E-state index contributed by atoms with van der Waals surface area (Å²) in [6, 6.07) is 70.9. The molecule has 248 valence electrons. The topological polar surface area (TPSA) is 30.7 Å². The number of hydrogen-bond donors (Lipinski definition) is 0. The molecule has 10 rings (SSSR count). The molecule has 0 aliphatic heterocycles. The Bertz CT molecular complexity index is 2850. The molecule has 0 saturated heterocycles. The molecule has 53 heavy (non-hydrogen) atoms. The second-order valence-corrected chi connectivity index (χ2v) is 13.4. The first kappa shape index (κ1) is 30.7. The minimum Gasteiger partial charge on any atom is -0.309 e. The van der Waals surface area contributed by atoms with E-state index in [1.807, 2.05) is 24.3 Å². The van der Waals surface area contributed by atoms with Crippen molar-refractivity contribution in [3.8, 4) is 61.8 Å². The van der Waals surface area contributed by atoms with Crippen molar-refractivity contribution < 1.29 is 0 Å². The molecule has 0 aliphatic carbocycles. The van der Waals surface area contributed by atoms with Crippen LogP contribution in [0.25, 0.3) is 94.4 Å². The Balaban J connectivity index is 1.09. The minimum absolute atomic E-state index is 0.715. The maximum Gasteiger partial charge on any atom is 0.160 e. The lowest BCUT2D eigenvalue weighted by Gasteiger charge is -2.15. The van der Waals surface area contributed by atoms with Crippen molar-refractivity contribution in [2.24, 2.45) is 0 Å². The Morgan fingerprint density at radius 1 is 0.321 bits per heavy atom. The lowest BCUT2D eigenvalue weighted by molar-refractivity contribution is 1.18. The second-order valence-electron chi connectivity index (χ2n) is 13.4. The molecular formula is C50H33N3. The van der Waals surface area contributed by atoms with E-state index >= 15 is 0 Å². The summed E-state index contributed by atoms with van der Waals surface area (Å²) in [6.07, 6.45) is 0. The highest BCUT2D eigenvalue weighted by molar-refractivity contribution is 6.14. The summed E-state index contributed by atoms with van der Waals surface area (Å²) in [5.41, 5.74) is 13.3. The van der Waals surface area contributed by atoms with Crippen molar-refractivity contribution >= 4 is 32.6 Å². The van der Waals surface area contributed by atoms with Gasteiger partial charge in [0.1, 0.15) is 0 Å². The summed E-state index contributed by atoms with van der Waals surface area (Å²) in [5.74, 6) is 0.715. The SMILES string of the molecule is c1ccc(-c2cc(-c3ccc(-c4ccc(-c5cccc6c7ccccc7n(-c7ccccc7)c56)cc4)c4ccccc34)nc(-c3ccccc3)n2)cc1. The van der Waals surface area contributed by atoms with E-state index in [1.165, 1.54) is 49.4 Å². The molecule has 0 spiro atoms. The summed E-state index contributed by atoms with van der Waals surface area (Å²) in [5, 5.41) is 4.85. The average molecular weight is 676 g/mol. The Morgan fingerprint density at radius 2 is 0.849 bits per heavy atom. The number of aromatic nitrogens is 3. The van der Waals surface area contributed by atoms with Gasteiger partial charge in [-0.15, -0.1) is 0 Å². The predicted molar refractivity (Wildman–Crippen MR) is 221 cm³/mol. The van der Waals surface area contributed by atoms with E-state index in [4.69, 9.17) is 9.97 Å². The first-order chi connectivity index (χ1) is 26.3. The van der Waals surface area contributed by atoms with Crippen molar-refractivity contribution in [1.82, 2.24) is 14.5 Å². The largest absolute Gasteiger partial charge is 0.309 e. The Hall–Kier alpha value is -7.10. The molecular weight excluding hydrogens is 643 g/mol. The van der Waals surface area contributed by atoms with Crippen LogP contribution in [0.4, 0.5) is 0 Å². The lowest BCUT2D eigenvalue weighted by Crippen LogP contribution is -1.96. The molecule has 0 unspecified atom stereocenters. The monoisotopic (exact) mass is 675 g/mol.